The van der Waals surface area contributed by atoms with Gasteiger partial charge in [-0.2, -0.15) is 0 Å². The number of aromatic nitrogens is 1. The van der Waals surface area contributed by atoms with Crippen LogP contribution in [0.1, 0.15) is 27.2 Å². The number of rotatable bonds is 4. The lowest BCUT2D eigenvalue weighted by Gasteiger charge is -2.34. The maximum atomic E-state index is 13.6. The van der Waals surface area contributed by atoms with Gasteiger partial charge in [0, 0.05) is 42.9 Å². The minimum atomic E-state index is -0.607. The number of para-hydroxylation sites is 1. The molecule has 2 aromatic heterocycles. The van der Waals surface area contributed by atoms with E-state index in [1.807, 2.05) is 68.6 Å². The summed E-state index contributed by atoms with van der Waals surface area (Å²) < 4.78 is 6.03. The molecule has 0 saturated carbocycles. The third kappa shape index (κ3) is 3.89. The summed E-state index contributed by atoms with van der Waals surface area (Å²) in [6.45, 7) is 4.73. The van der Waals surface area contributed by atoms with Crippen molar-refractivity contribution < 1.29 is 14.0 Å². The Bertz CT molecular complexity index is 1340. The van der Waals surface area contributed by atoms with Gasteiger partial charge in [-0.25, -0.2) is 0 Å². The van der Waals surface area contributed by atoms with Crippen molar-refractivity contribution in [3.8, 4) is 11.1 Å². The first kappa shape index (κ1) is 20.9. The van der Waals surface area contributed by atoms with E-state index in [0.29, 0.717) is 25.3 Å². The van der Waals surface area contributed by atoms with Gasteiger partial charge >= 0.3 is 0 Å². The largest absolute Gasteiger partial charge is 0.450 e. The van der Waals surface area contributed by atoms with Gasteiger partial charge in [-0.1, -0.05) is 48.5 Å². The van der Waals surface area contributed by atoms with Crippen molar-refractivity contribution >= 4 is 22.8 Å². The van der Waals surface area contributed by atoms with Gasteiger partial charge in [-0.05, 0) is 42.2 Å². The number of furan rings is 1. The molecule has 0 bridgehead atoms. The van der Waals surface area contributed by atoms with Crippen LogP contribution in [0.4, 0.5) is 0 Å². The molecule has 0 spiro atoms. The molecule has 1 unspecified atom stereocenters. The molecule has 1 atom stereocenters. The molecule has 1 aliphatic rings. The zero-order valence-electron chi connectivity index (χ0n) is 18.7. The molecular weight excluding hydrogens is 414 g/mol. The predicted octanol–water partition coefficient (Wildman–Crippen LogP) is 4.29. The fraction of sp³-hybridized carbons (Fsp3) is 0.222. The van der Waals surface area contributed by atoms with E-state index >= 15 is 0 Å². The molecule has 1 N–H and O–H groups in total. The molecule has 1 aliphatic heterocycles. The first-order chi connectivity index (χ1) is 16.0. The minimum Gasteiger partial charge on any atom is -0.450 e. The van der Waals surface area contributed by atoms with Gasteiger partial charge in [0.1, 0.15) is 11.6 Å². The highest BCUT2D eigenvalue weighted by molar-refractivity contribution is 6.01. The van der Waals surface area contributed by atoms with Crippen LogP contribution >= 0.6 is 0 Å². The Morgan fingerprint density at radius 2 is 1.94 bits per heavy atom. The average molecular weight is 440 g/mol. The Morgan fingerprint density at radius 3 is 2.73 bits per heavy atom. The lowest BCUT2D eigenvalue weighted by Crippen LogP contribution is -2.58. The number of hydrogen-bond donors (Lipinski definition) is 1. The van der Waals surface area contributed by atoms with Crippen LogP contribution in [0.3, 0.4) is 0 Å². The van der Waals surface area contributed by atoms with Crippen molar-refractivity contribution in [1.29, 1.82) is 0 Å². The van der Waals surface area contributed by atoms with Crippen LogP contribution in [0.2, 0.25) is 0 Å². The molecule has 2 amide bonds. The Morgan fingerprint density at radius 1 is 1.12 bits per heavy atom. The van der Waals surface area contributed by atoms with E-state index in [0.717, 1.165) is 38.8 Å². The van der Waals surface area contributed by atoms with Crippen LogP contribution in [0.5, 0.6) is 0 Å². The normalized spacial score (nSPS) is 16.1. The molecule has 4 aromatic rings. The van der Waals surface area contributed by atoms with Crippen LogP contribution in [0.15, 0.2) is 71.4 Å². The molecule has 2 aromatic carbocycles. The van der Waals surface area contributed by atoms with E-state index in [2.05, 4.69) is 16.4 Å². The number of nitrogens with zero attached hydrogens (tertiary/aromatic N) is 2. The molecule has 0 radical (unpaired) electrons. The number of carbonyl (C=O) groups excluding carboxylic acids is 2. The number of hydrogen-bond acceptors (Lipinski definition) is 4. The predicted molar refractivity (Wildman–Crippen MR) is 127 cm³/mol. The van der Waals surface area contributed by atoms with Gasteiger partial charge < -0.3 is 14.6 Å². The fourth-order valence-electron chi connectivity index (χ4n) is 4.51. The van der Waals surface area contributed by atoms with Crippen molar-refractivity contribution in [2.75, 3.05) is 13.1 Å². The maximum absolute atomic E-state index is 13.6. The topological polar surface area (TPSA) is 75.4 Å². The van der Waals surface area contributed by atoms with Crippen LogP contribution in [0.25, 0.3) is 22.1 Å². The SMILES string of the molecule is Cc1c(C(=O)N2CCNC(=O)C2Cc2cccc(-c3cccnc3)c2)oc2c(C)cccc12. The number of amides is 2. The van der Waals surface area contributed by atoms with E-state index in [-0.39, 0.29) is 11.8 Å². The summed E-state index contributed by atoms with van der Waals surface area (Å²) in [5.41, 5.74) is 5.53. The van der Waals surface area contributed by atoms with Crippen LogP contribution in [-0.2, 0) is 11.2 Å². The van der Waals surface area contributed by atoms with Gasteiger partial charge in [-0.15, -0.1) is 0 Å². The lowest BCUT2D eigenvalue weighted by atomic mass is 9.98. The van der Waals surface area contributed by atoms with E-state index in [1.165, 1.54) is 0 Å². The standard InChI is InChI=1S/C27H25N3O3/c1-17-6-3-10-22-18(2)25(33-24(17)22)27(32)30-13-12-29-26(31)23(30)15-19-7-4-8-20(14-19)21-9-5-11-28-16-21/h3-11,14,16,23H,12-13,15H2,1-2H3,(H,29,31). The van der Waals surface area contributed by atoms with Gasteiger partial charge in [0.2, 0.25) is 5.91 Å². The number of carbonyl (C=O) groups is 2. The second-order valence-corrected chi connectivity index (χ2v) is 8.46. The first-order valence-corrected chi connectivity index (χ1v) is 11.1. The molecule has 33 heavy (non-hydrogen) atoms. The average Bonchev–Trinajstić information content (AvgIpc) is 3.18. The summed E-state index contributed by atoms with van der Waals surface area (Å²) >= 11 is 0. The zero-order chi connectivity index (χ0) is 22.9. The van der Waals surface area contributed by atoms with Gasteiger partial charge in [0.15, 0.2) is 5.76 Å². The smallest absolute Gasteiger partial charge is 0.290 e. The quantitative estimate of drug-likeness (QED) is 0.515. The summed E-state index contributed by atoms with van der Waals surface area (Å²) in [5, 5.41) is 3.84. The molecule has 1 fully saturated rings. The second-order valence-electron chi connectivity index (χ2n) is 8.46. The number of aryl methyl sites for hydroxylation is 2. The molecule has 1 saturated heterocycles. The number of fused-ring (bicyclic) bond motifs is 1. The minimum absolute atomic E-state index is 0.147. The van der Waals surface area contributed by atoms with Crippen LogP contribution < -0.4 is 5.32 Å². The second kappa shape index (κ2) is 8.54. The van der Waals surface area contributed by atoms with Crippen LogP contribution in [-0.4, -0.2) is 40.8 Å². The molecular formula is C27H25N3O3. The molecule has 6 nitrogen and oxygen atoms in total. The Labute approximate surface area is 192 Å². The van der Waals surface area contributed by atoms with E-state index in [1.54, 1.807) is 11.1 Å². The summed E-state index contributed by atoms with van der Waals surface area (Å²) in [6, 6.07) is 17.2. The molecule has 6 heteroatoms. The van der Waals surface area contributed by atoms with Crippen molar-refractivity contribution in [3.63, 3.8) is 0 Å². The van der Waals surface area contributed by atoms with Crippen molar-refractivity contribution in [1.82, 2.24) is 15.2 Å². The lowest BCUT2D eigenvalue weighted by molar-refractivity contribution is -0.127. The third-order valence-corrected chi connectivity index (χ3v) is 6.30. The van der Waals surface area contributed by atoms with E-state index in [9.17, 15) is 9.59 Å². The van der Waals surface area contributed by atoms with Crippen molar-refractivity contribution in [3.05, 3.63) is 89.4 Å². The number of pyridine rings is 1. The highest BCUT2D eigenvalue weighted by Crippen LogP contribution is 2.30. The highest BCUT2D eigenvalue weighted by Gasteiger charge is 2.36. The Balaban J connectivity index is 1.46. The molecule has 166 valence electrons. The number of benzene rings is 2. The summed E-state index contributed by atoms with van der Waals surface area (Å²) in [5.74, 6) is -0.0826. The third-order valence-electron chi connectivity index (χ3n) is 6.30. The number of piperazine rings is 1. The molecule has 0 aliphatic carbocycles. The summed E-state index contributed by atoms with van der Waals surface area (Å²) in [4.78, 5) is 32.3. The zero-order valence-corrected chi connectivity index (χ0v) is 18.7. The van der Waals surface area contributed by atoms with Gasteiger partial charge in [0.25, 0.3) is 5.91 Å². The highest BCUT2D eigenvalue weighted by atomic mass is 16.3. The van der Waals surface area contributed by atoms with E-state index < -0.39 is 6.04 Å². The fourth-order valence-corrected chi connectivity index (χ4v) is 4.51. The van der Waals surface area contributed by atoms with Gasteiger partial charge in [0.05, 0.1) is 0 Å². The van der Waals surface area contributed by atoms with Crippen molar-refractivity contribution in [2.24, 2.45) is 0 Å². The first-order valence-electron chi connectivity index (χ1n) is 11.1. The monoisotopic (exact) mass is 439 g/mol. The van der Waals surface area contributed by atoms with E-state index in [4.69, 9.17) is 4.42 Å². The Kier molecular flexibility index (Phi) is 5.42. The van der Waals surface area contributed by atoms with Crippen LogP contribution in [0, 0.1) is 13.8 Å². The van der Waals surface area contributed by atoms with Gasteiger partial charge in [-0.3, -0.25) is 14.6 Å². The molecule has 5 rings (SSSR count). The molecule has 3 heterocycles. The summed E-state index contributed by atoms with van der Waals surface area (Å²) in [7, 11) is 0. The van der Waals surface area contributed by atoms with Crippen molar-refractivity contribution in [2.45, 2.75) is 26.3 Å². The Hall–Kier alpha value is -3.93. The maximum Gasteiger partial charge on any atom is 0.290 e. The number of nitrogens with one attached hydrogen (secondary N) is 1. The summed E-state index contributed by atoms with van der Waals surface area (Å²) in [6.07, 6.45) is 3.98.